The Bertz CT molecular complexity index is 572. The zero-order chi connectivity index (χ0) is 14.9. The standard InChI is InChI=1S/C15H23N3O2S/c1-13-5-4-10-17(11-13)21(19,20)18(15-7-8-15)12-14-6-2-3-9-16-14/h2-3,6,9,13,15H,4-5,7-8,10-12H2,1H3/t13-/m1/s1. The van der Waals surface area contributed by atoms with E-state index in [1.807, 2.05) is 18.2 Å². The first-order valence-corrected chi connectivity index (χ1v) is 9.14. The van der Waals surface area contributed by atoms with Crippen LogP contribution in [0.3, 0.4) is 0 Å². The lowest BCUT2D eigenvalue weighted by atomic mass is 10.0. The van der Waals surface area contributed by atoms with E-state index in [1.54, 1.807) is 14.8 Å². The van der Waals surface area contributed by atoms with Gasteiger partial charge in [0.1, 0.15) is 0 Å². The predicted molar refractivity (Wildman–Crippen MR) is 81.7 cm³/mol. The summed E-state index contributed by atoms with van der Waals surface area (Å²) in [5.41, 5.74) is 0.818. The number of rotatable bonds is 5. The van der Waals surface area contributed by atoms with Crippen LogP contribution in [0.15, 0.2) is 24.4 Å². The van der Waals surface area contributed by atoms with Crippen LogP contribution < -0.4 is 0 Å². The largest absolute Gasteiger partial charge is 0.282 e. The van der Waals surface area contributed by atoms with E-state index in [9.17, 15) is 8.42 Å². The Kier molecular flexibility index (Phi) is 4.28. The van der Waals surface area contributed by atoms with Crippen LogP contribution >= 0.6 is 0 Å². The molecule has 1 aromatic heterocycles. The number of piperidine rings is 1. The van der Waals surface area contributed by atoms with Crippen LogP contribution in [0.1, 0.15) is 38.3 Å². The fraction of sp³-hybridized carbons (Fsp3) is 0.667. The molecule has 0 N–H and O–H groups in total. The van der Waals surface area contributed by atoms with Crippen molar-refractivity contribution in [1.29, 1.82) is 0 Å². The highest BCUT2D eigenvalue weighted by Gasteiger charge is 2.41. The summed E-state index contributed by atoms with van der Waals surface area (Å²) in [5.74, 6) is 0.449. The molecule has 1 aromatic rings. The van der Waals surface area contributed by atoms with Gasteiger partial charge in [-0.25, -0.2) is 0 Å². The second-order valence-electron chi connectivity index (χ2n) is 6.21. The maximum Gasteiger partial charge on any atom is 0.282 e. The minimum Gasteiger partial charge on any atom is -0.260 e. The Balaban J connectivity index is 1.79. The molecule has 1 saturated carbocycles. The number of aromatic nitrogens is 1. The van der Waals surface area contributed by atoms with Crippen molar-refractivity contribution < 1.29 is 8.42 Å². The average molecular weight is 309 g/mol. The lowest BCUT2D eigenvalue weighted by molar-refractivity contribution is 0.253. The van der Waals surface area contributed by atoms with Gasteiger partial charge in [0, 0.05) is 25.3 Å². The van der Waals surface area contributed by atoms with Gasteiger partial charge < -0.3 is 0 Å². The van der Waals surface area contributed by atoms with Gasteiger partial charge in [-0.1, -0.05) is 13.0 Å². The van der Waals surface area contributed by atoms with Crippen LogP contribution in [0.2, 0.25) is 0 Å². The van der Waals surface area contributed by atoms with Gasteiger partial charge in [0.2, 0.25) is 0 Å². The first kappa shape index (κ1) is 14.9. The van der Waals surface area contributed by atoms with Gasteiger partial charge in [0.25, 0.3) is 10.2 Å². The van der Waals surface area contributed by atoms with Crippen molar-refractivity contribution in [3.05, 3.63) is 30.1 Å². The van der Waals surface area contributed by atoms with E-state index >= 15 is 0 Å². The molecule has 116 valence electrons. The molecule has 5 nitrogen and oxygen atoms in total. The molecular weight excluding hydrogens is 286 g/mol. The summed E-state index contributed by atoms with van der Waals surface area (Å²) in [6, 6.07) is 5.81. The van der Waals surface area contributed by atoms with E-state index in [-0.39, 0.29) is 6.04 Å². The maximum atomic E-state index is 12.9. The van der Waals surface area contributed by atoms with Gasteiger partial charge in [0.05, 0.1) is 12.2 Å². The van der Waals surface area contributed by atoms with Crippen LogP contribution in [0.4, 0.5) is 0 Å². The topological polar surface area (TPSA) is 53.5 Å². The van der Waals surface area contributed by atoms with Crippen LogP contribution in [-0.4, -0.2) is 41.1 Å². The fourth-order valence-electron chi connectivity index (χ4n) is 2.92. The van der Waals surface area contributed by atoms with E-state index in [4.69, 9.17) is 0 Å². The Labute approximate surface area is 127 Å². The van der Waals surface area contributed by atoms with E-state index < -0.39 is 10.2 Å². The average Bonchev–Trinajstić information content (AvgIpc) is 3.30. The minimum atomic E-state index is -3.37. The van der Waals surface area contributed by atoms with E-state index in [1.165, 1.54) is 0 Å². The maximum absolute atomic E-state index is 12.9. The molecule has 0 spiro atoms. The van der Waals surface area contributed by atoms with Crippen molar-refractivity contribution in [3.8, 4) is 0 Å². The second kappa shape index (κ2) is 6.02. The molecule has 1 aliphatic carbocycles. The summed E-state index contributed by atoms with van der Waals surface area (Å²) in [4.78, 5) is 4.28. The van der Waals surface area contributed by atoms with Gasteiger partial charge in [-0.15, -0.1) is 0 Å². The zero-order valence-electron chi connectivity index (χ0n) is 12.5. The molecule has 0 radical (unpaired) electrons. The Morgan fingerprint density at radius 1 is 1.33 bits per heavy atom. The summed E-state index contributed by atoms with van der Waals surface area (Å²) in [6.07, 6.45) is 5.74. The molecule has 21 heavy (non-hydrogen) atoms. The third kappa shape index (κ3) is 3.44. The van der Waals surface area contributed by atoms with Gasteiger partial charge in [-0.05, 0) is 43.7 Å². The van der Waals surface area contributed by atoms with Crippen LogP contribution in [0.5, 0.6) is 0 Å². The monoisotopic (exact) mass is 309 g/mol. The van der Waals surface area contributed by atoms with Crippen molar-refractivity contribution in [2.75, 3.05) is 13.1 Å². The highest BCUT2D eigenvalue weighted by molar-refractivity contribution is 7.86. The molecule has 1 atom stereocenters. The molecule has 1 saturated heterocycles. The number of hydrogen-bond donors (Lipinski definition) is 0. The van der Waals surface area contributed by atoms with Crippen LogP contribution in [0.25, 0.3) is 0 Å². The van der Waals surface area contributed by atoms with Gasteiger partial charge >= 0.3 is 0 Å². The first-order valence-electron chi connectivity index (χ1n) is 7.74. The molecule has 2 heterocycles. The second-order valence-corrected chi connectivity index (χ2v) is 8.09. The van der Waals surface area contributed by atoms with Crippen molar-refractivity contribution in [3.63, 3.8) is 0 Å². The van der Waals surface area contributed by atoms with Crippen molar-refractivity contribution >= 4 is 10.2 Å². The first-order chi connectivity index (χ1) is 10.1. The molecule has 0 aromatic carbocycles. The Morgan fingerprint density at radius 2 is 2.14 bits per heavy atom. The van der Waals surface area contributed by atoms with Gasteiger partial charge in [-0.2, -0.15) is 17.0 Å². The van der Waals surface area contributed by atoms with Gasteiger partial charge in [-0.3, -0.25) is 4.98 Å². The molecule has 1 aliphatic heterocycles. The number of hydrogen-bond acceptors (Lipinski definition) is 3. The molecule has 0 amide bonds. The van der Waals surface area contributed by atoms with E-state index in [0.29, 0.717) is 25.6 Å². The summed E-state index contributed by atoms with van der Waals surface area (Å²) in [7, 11) is -3.37. The van der Waals surface area contributed by atoms with Crippen molar-refractivity contribution in [2.24, 2.45) is 5.92 Å². The number of nitrogens with zero attached hydrogens (tertiary/aromatic N) is 3. The number of pyridine rings is 1. The Morgan fingerprint density at radius 3 is 2.76 bits per heavy atom. The minimum absolute atomic E-state index is 0.161. The summed E-state index contributed by atoms with van der Waals surface area (Å²) >= 11 is 0. The lowest BCUT2D eigenvalue weighted by Gasteiger charge is -2.34. The fourth-order valence-corrected chi connectivity index (χ4v) is 4.90. The summed E-state index contributed by atoms with van der Waals surface area (Å²) < 4.78 is 29.2. The Hall–Kier alpha value is -0.980. The molecule has 2 fully saturated rings. The normalized spacial score (nSPS) is 24.4. The lowest BCUT2D eigenvalue weighted by Crippen LogP contribution is -2.48. The quantitative estimate of drug-likeness (QED) is 0.836. The molecule has 6 heteroatoms. The third-order valence-electron chi connectivity index (χ3n) is 4.24. The predicted octanol–water partition coefficient (Wildman–Crippen LogP) is 2.02. The third-order valence-corrected chi connectivity index (χ3v) is 6.24. The van der Waals surface area contributed by atoms with E-state index in [0.717, 1.165) is 31.4 Å². The highest BCUT2D eigenvalue weighted by Crippen LogP contribution is 2.33. The summed E-state index contributed by atoms with van der Waals surface area (Å²) in [6.45, 7) is 3.81. The van der Waals surface area contributed by atoms with Crippen LogP contribution in [-0.2, 0) is 16.8 Å². The van der Waals surface area contributed by atoms with Gasteiger partial charge in [0.15, 0.2) is 0 Å². The molecule has 0 unspecified atom stereocenters. The molecule has 3 rings (SSSR count). The van der Waals surface area contributed by atoms with Crippen LogP contribution in [0, 0.1) is 5.92 Å². The smallest absolute Gasteiger partial charge is 0.260 e. The molecule has 0 bridgehead atoms. The zero-order valence-corrected chi connectivity index (χ0v) is 13.3. The molecule has 2 aliphatic rings. The van der Waals surface area contributed by atoms with E-state index in [2.05, 4.69) is 11.9 Å². The molecular formula is C15H23N3O2S. The van der Waals surface area contributed by atoms with Crippen molar-refractivity contribution in [1.82, 2.24) is 13.6 Å². The highest BCUT2D eigenvalue weighted by atomic mass is 32.2. The SMILES string of the molecule is C[C@@H]1CCCN(S(=O)(=O)N(Cc2ccccn2)C2CC2)C1. The summed E-state index contributed by atoms with van der Waals surface area (Å²) in [5, 5.41) is 0. The van der Waals surface area contributed by atoms with Crippen molar-refractivity contribution in [2.45, 2.75) is 45.2 Å².